The fraction of sp³-hybridized carbons (Fsp3) is 0.873. The number of aliphatic hydroxyl groups excluding tert-OH is 2. The van der Waals surface area contributed by atoms with Gasteiger partial charge in [0.05, 0.1) is 25.4 Å². The third-order valence-corrected chi connectivity index (χ3v) is 14.2. The minimum Gasteiger partial charge on any atom is -0.466 e. The van der Waals surface area contributed by atoms with E-state index in [9.17, 15) is 19.8 Å². The Hall–Kier alpha value is -1.92. The normalized spacial score (nSPS) is 12.8. The molecule has 0 saturated heterocycles. The van der Waals surface area contributed by atoms with Crippen LogP contribution in [0.3, 0.4) is 0 Å². The summed E-state index contributed by atoms with van der Waals surface area (Å²) in [6, 6.07) is -0.625. The van der Waals surface area contributed by atoms with Crippen LogP contribution < -0.4 is 5.32 Å². The van der Waals surface area contributed by atoms with E-state index in [-0.39, 0.29) is 18.5 Å². The van der Waals surface area contributed by atoms with Gasteiger partial charge in [0.25, 0.3) is 0 Å². The van der Waals surface area contributed by atoms with Crippen molar-refractivity contribution in [3.05, 3.63) is 36.5 Å². The largest absolute Gasteiger partial charge is 0.466 e. The van der Waals surface area contributed by atoms with Crippen LogP contribution in [0.15, 0.2) is 36.5 Å². The van der Waals surface area contributed by atoms with Crippen molar-refractivity contribution >= 4 is 11.9 Å². The van der Waals surface area contributed by atoms with Gasteiger partial charge < -0.3 is 20.3 Å². The molecule has 0 spiro atoms. The van der Waals surface area contributed by atoms with Gasteiger partial charge in [0.15, 0.2) is 0 Å². The van der Waals surface area contributed by atoms with Crippen molar-refractivity contribution in [2.45, 2.75) is 341 Å². The Labute approximate surface area is 430 Å². The molecule has 0 saturated carbocycles. The summed E-state index contributed by atoms with van der Waals surface area (Å²) < 4.78 is 5.48. The lowest BCUT2D eigenvalue weighted by molar-refractivity contribution is -0.143. The predicted molar refractivity (Wildman–Crippen MR) is 301 cm³/mol. The van der Waals surface area contributed by atoms with E-state index >= 15 is 0 Å². The molecule has 69 heavy (non-hydrogen) atoms. The van der Waals surface area contributed by atoms with Crippen LogP contribution in [0, 0.1) is 0 Å². The summed E-state index contributed by atoms with van der Waals surface area (Å²) in [7, 11) is 0. The molecule has 0 bridgehead atoms. The summed E-state index contributed by atoms with van der Waals surface area (Å²) >= 11 is 0. The summed E-state index contributed by atoms with van der Waals surface area (Å²) in [5.74, 6) is -0.0640. The van der Waals surface area contributed by atoms with Gasteiger partial charge in [-0.05, 0) is 64.2 Å². The molecule has 0 unspecified atom stereocenters. The van der Waals surface area contributed by atoms with Crippen LogP contribution in [-0.4, -0.2) is 47.4 Å². The van der Waals surface area contributed by atoms with Crippen LogP contribution in [0.2, 0.25) is 0 Å². The van der Waals surface area contributed by atoms with Gasteiger partial charge in [-0.1, -0.05) is 288 Å². The zero-order chi connectivity index (χ0) is 50.0. The number of nitrogens with one attached hydrogen (secondary N) is 1. The predicted octanol–water partition coefficient (Wildman–Crippen LogP) is 19.2. The molecule has 1 amide bonds. The Morgan fingerprint density at radius 3 is 1.13 bits per heavy atom. The first kappa shape index (κ1) is 67.1. The maximum Gasteiger partial charge on any atom is 0.305 e. The lowest BCUT2D eigenvalue weighted by Gasteiger charge is -2.20. The molecule has 0 aromatic heterocycles. The topological polar surface area (TPSA) is 95.9 Å². The molecule has 0 aromatic carbocycles. The number of ether oxygens (including phenoxy) is 1. The molecular weight excluding hydrogens is 851 g/mol. The summed E-state index contributed by atoms with van der Waals surface area (Å²) in [4.78, 5) is 24.5. The number of carbonyl (C=O) groups excluding carboxylic acids is 2. The molecule has 0 fully saturated rings. The maximum atomic E-state index is 12.4. The van der Waals surface area contributed by atoms with Gasteiger partial charge in [0, 0.05) is 12.8 Å². The third kappa shape index (κ3) is 55.2. The van der Waals surface area contributed by atoms with Crippen molar-refractivity contribution in [2.75, 3.05) is 13.2 Å². The lowest BCUT2D eigenvalue weighted by Crippen LogP contribution is -2.45. The van der Waals surface area contributed by atoms with Gasteiger partial charge >= 0.3 is 5.97 Å². The van der Waals surface area contributed by atoms with Crippen molar-refractivity contribution in [1.29, 1.82) is 0 Å². The summed E-state index contributed by atoms with van der Waals surface area (Å²) in [6.07, 6.45) is 73.3. The molecule has 0 heterocycles. The molecule has 0 aliphatic rings. The number of hydrogen-bond donors (Lipinski definition) is 3. The van der Waals surface area contributed by atoms with Crippen LogP contribution in [0.4, 0.5) is 0 Å². The van der Waals surface area contributed by atoms with Gasteiger partial charge in [0.1, 0.15) is 0 Å². The Morgan fingerprint density at radius 2 is 0.725 bits per heavy atom. The molecule has 2 atom stereocenters. The van der Waals surface area contributed by atoms with Gasteiger partial charge in [-0.15, -0.1) is 0 Å². The molecule has 406 valence electrons. The quantitative estimate of drug-likeness (QED) is 0.0321. The zero-order valence-corrected chi connectivity index (χ0v) is 46.3. The molecule has 0 aliphatic carbocycles. The first-order valence-electron chi connectivity index (χ1n) is 30.8. The molecule has 0 aliphatic heterocycles. The molecule has 0 radical (unpaired) electrons. The van der Waals surface area contributed by atoms with E-state index in [1.165, 1.54) is 250 Å². The second-order valence-corrected chi connectivity index (χ2v) is 21.0. The Morgan fingerprint density at radius 1 is 0.406 bits per heavy atom. The lowest BCUT2D eigenvalue weighted by atomic mass is 10.0. The van der Waals surface area contributed by atoms with Gasteiger partial charge in [0.2, 0.25) is 5.91 Å². The number of hydrogen-bond acceptors (Lipinski definition) is 5. The van der Waals surface area contributed by atoms with Crippen LogP contribution in [0.1, 0.15) is 328 Å². The molecule has 6 nitrogen and oxygen atoms in total. The van der Waals surface area contributed by atoms with Crippen molar-refractivity contribution in [2.24, 2.45) is 0 Å². The van der Waals surface area contributed by atoms with Crippen LogP contribution in [0.25, 0.3) is 0 Å². The first-order chi connectivity index (χ1) is 34.0. The van der Waals surface area contributed by atoms with E-state index in [1.807, 2.05) is 6.08 Å². The SMILES string of the molecule is CCCCC/C=C\C/C=C\CCCCCCCC(=O)OCCCCCCCCCCCCCCCCCCCCCCCCCCCCC(=O)N[C@@H](CO)[C@H](O)/C=C/CCCCCCCCCCC. The van der Waals surface area contributed by atoms with E-state index in [1.54, 1.807) is 6.08 Å². The smallest absolute Gasteiger partial charge is 0.305 e. The zero-order valence-electron chi connectivity index (χ0n) is 46.3. The van der Waals surface area contributed by atoms with Crippen molar-refractivity contribution in [3.8, 4) is 0 Å². The van der Waals surface area contributed by atoms with Gasteiger partial charge in [-0.3, -0.25) is 9.59 Å². The maximum absolute atomic E-state index is 12.4. The fourth-order valence-electron chi connectivity index (χ4n) is 9.43. The fourth-order valence-corrected chi connectivity index (χ4v) is 9.43. The summed E-state index contributed by atoms with van der Waals surface area (Å²) in [5.41, 5.74) is 0. The Kier molecular flexibility index (Phi) is 57.0. The highest BCUT2D eigenvalue weighted by Gasteiger charge is 2.18. The van der Waals surface area contributed by atoms with Crippen LogP contribution >= 0.6 is 0 Å². The minimum atomic E-state index is -0.841. The number of unbranched alkanes of at least 4 members (excludes halogenated alkanes) is 42. The van der Waals surface area contributed by atoms with Gasteiger partial charge in [-0.2, -0.15) is 0 Å². The highest BCUT2D eigenvalue weighted by atomic mass is 16.5. The number of amides is 1. The van der Waals surface area contributed by atoms with Crippen molar-refractivity contribution in [1.82, 2.24) is 5.32 Å². The first-order valence-corrected chi connectivity index (χ1v) is 30.8. The molecule has 0 rings (SSSR count). The van der Waals surface area contributed by atoms with Crippen LogP contribution in [-0.2, 0) is 14.3 Å². The van der Waals surface area contributed by atoms with Crippen molar-refractivity contribution < 1.29 is 24.5 Å². The number of rotatable bonds is 57. The Bertz CT molecular complexity index is 1120. The number of allylic oxidation sites excluding steroid dienone is 5. The standard InChI is InChI=1S/C63H119NO5/c1-3-5-7-9-11-13-15-16-29-33-37-41-45-49-53-57-63(68)69-58-54-50-46-42-38-34-31-28-26-24-22-20-18-17-19-21-23-25-27-30-32-36-40-44-48-52-56-62(67)64-60(59-65)61(66)55-51-47-43-39-35-14-12-10-8-6-4-2/h11,13,16,29,51,55,60-61,65-66H,3-10,12,14-15,17-28,30-50,52-54,56-59H2,1-2H3,(H,64,67)/b13-11-,29-16-,55-51+/t60-,61+/m0/s1. The number of esters is 1. The molecule has 0 aromatic rings. The van der Waals surface area contributed by atoms with E-state index in [2.05, 4.69) is 43.5 Å². The second-order valence-electron chi connectivity index (χ2n) is 21.0. The van der Waals surface area contributed by atoms with Crippen molar-refractivity contribution in [3.63, 3.8) is 0 Å². The van der Waals surface area contributed by atoms with E-state index in [0.29, 0.717) is 19.4 Å². The Balaban J connectivity index is 3.35. The van der Waals surface area contributed by atoms with Crippen LogP contribution in [0.5, 0.6) is 0 Å². The van der Waals surface area contributed by atoms with E-state index in [4.69, 9.17) is 4.74 Å². The number of carbonyl (C=O) groups is 2. The number of aliphatic hydroxyl groups is 2. The monoisotopic (exact) mass is 970 g/mol. The van der Waals surface area contributed by atoms with E-state index in [0.717, 1.165) is 51.4 Å². The average Bonchev–Trinajstić information content (AvgIpc) is 3.35. The molecule has 3 N–H and O–H groups in total. The summed E-state index contributed by atoms with van der Waals surface area (Å²) in [6.45, 7) is 4.87. The van der Waals surface area contributed by atoms with E-state index < -0.39 is 12.1 Å². The highest BCUT2D eigenvalue weighted by Crippen LogP contribution is 2.17. The van der Waals surface area contributed by atoms with Gasteiger partial charge in [-0.25, -0.2) is 0 Å². The average molecular weight is 971 g/mol. The molecular formula is C63H119NO5. The third-order valence-electron chi connectivity index (χ3n) is 14.2. The minimum absolute atomic E-state index is 0.00264. The molecule has 6 heteroatoms. The second kappa shape index (κ2) is 58.6. The summed E-state index contributed by atoms with van der Waals surface area (Å²) in [5, 5.41) is 23.0. The highest BCUT2D eigenvalue weighted by molar-refractivity contribution is 5.76.